The summed E-state index contributed by atoms with van der Waals surface area (Å²) in [4.78, 5) is 38.1. The summed E-state index contributed by atoms with van der Waals surface area (Å²) in [7, 11) is 1.31. The number of nitrogens with zero attached hydrogens (tertiary/aromatic N) is 2. The van der Waals surface area contributed by atoms with Crippen molar-refractivity contribution in [2.75, 3.05) is 12.4 Å². The van der Waals surface area contributed by atoms with E-state index in [4.69, 9.17) is 21.1 Å². The number of anilines is 1. The van der Waals surface area contributed by atoms with Crippen LogP contribution in [0.15, 0.2) is 36.5 Å². The minimum atomic E-state index is -1.13. The number of ether oxygens (including phenoxy) is 2. The van der Waals surface area contributed by atoms with Crippen LogP contribution < -0.4 is 10.1 Å². The summed E-state index contributed by atoms with van der Waals surface area (Å²) < 4.78 is 10.1. The van der Waals surface area contributed by atoms with Gasteiger partial charge in [-0.05, 0) is 25.1 Å². The molecule has 26 heavy (non-hydrogen) atoms. The lowest BCUT2D eigenvalue weighted by Crippen LogP contribution is -2.30. The third kappa shape index (κ3) is 4.67. The molecule has 1 N–H and O–H groups in total. The van der Waals surface area contributed by atoms with Gasteiger partial charge in [-0.1, -0.05) is 11.6 Å². The van der Waals surface area contributed by atoms with E-state index in [1.165, 1.54) is 50.6 Å². The summed E-state index contributed by atoms with van der Waals surface area (Å²) in [6.45, 7) is 1.38. The van der Waals surface area contributed by atoms with Crippen molar-refractivity contribution < 1.29 is 24.0 Å². The zero-order valence-electron chi connectivity index (χ0n) is 13.8. The van der Waals surface area contributed by atoms with Crippen LogP contribution in [0.4, 0.5) is 11.4 Å². The summed E-state index contributed by atoms with van der Waals surface area (Å²) in [6.07, 6.45) is 0.104. The lowest BCUT2D eigenvalue weighted by Gasteiger charge is -2.15. The highest BCUT2D eigenvalue weighted by molar-refractivity contribution is 6.29. The van der Waals surface area contributed by atoms with Gasteiger partial charge < -0.3 is 14.8 Å². The van der Waals surface area contributed by atoms with Crippen LogP contribution in [-0.2, 0) is 9.53 Å². The number of esters is 1. The van der Waals surface area contributed by atoms with Crippen molar-refractivity contribution in [3.8, 4) is 5.75 Å². The van der Waals surface area contributed by atoms with Crippen molar-refractivity contribution in [3.05, 3.63) is 57.4 Å². The fraction of sp³-hybridized carbons (Fsp3) is 0.188. The van der Waals surface area contributed by atoms with Gasteiger partial charge in [0.05, 0.1) is 29.4 Å². The van der Waals surface area contributed by atoms with Gasteiger partial charge in [-0.3, -0.25) is 14.9 Å². The summed E-state index contributed by atoms with van der Waals surface area (Å²) in [5, 5.41) is 13.5. The van der Waals surface area contributed by atoms with E-state index in [9.17, 15) is 19.7 Å². The number of nitro groups is 1. The molecule has 1 heterocycles. The van der Waals surface area contributed by atoms with Gasteiger partial charge in [-0.25, -0.2) is 9.78 Å². The van der Waals surface area contributed by atoms with Crippen LogP contribution >= 0.6 is 11.6 Å². The second-order valence-electron chi connectivity index (χ2n) is 5.05. The van der Waals surface area contributed by atoms with Crippen molar-refractivity contribution in [1.29, 1.82) is 0 Å². The average molecular weight is 380 g/mol. The van der Waals surface area contributed by atoms with Gasteiger partial charge in [0.15, 0.2) is 6.10 Å². The fourth-order valence-electron chi connectivity index (χ4n) is 1.91. The lowest BCUT2D eigenvalue weighted by atomic mass is 10.2. The predicted octanol–water partition coefficient (Wildman–Crippen LogP) is 2.84. The molecule has 1 amide bonds. The number of carbonyl (C=O) groups excluding carboxylic acids is 2. The molecule has 10 heteroatoms. The molecule has 1 aromatic carbocycles. The molecule has 0 spiro atoms. The Morgan fingerprint density at radius 3 is 2.62 bits per heavy atom. The Morgan fingerprint density at radius 2 is 2.04 bits per heavy atom. The molecule has 2 aromatic rings. The average Bonchev–Trinajstić information content (AvgIpc) is 2.62. The van der Waals surface area contributed by atoms with Crippen LogP contribution in [0.3, 0.4) is 0 Å². The van der Waals surface area contributed by atoms with E-state index in [2.05, 4.69) is 10.3 Å². The zero-order valence-corrected chi connectivity index (χ0v) is 14.5. The maximum atomic E-state index is 12.2. The molecule has 0 aliphatic rings. The Labute approximate surface area is 153 Å². The Hall–Kier alpha value is -3.20. The number of amides is 1. The minimum Gasteiger partial charge on any atom is -0.494 e. The number of hydrogen-bond acceptors (Lipinski definition) is 7. The Balaban J connectivity index is 2.05. The standard InChI is InChI=1S/C16H14ClN3O6/c1-9(26-16(22)10-3-6-14(17)18-8-10)15(21)19-12-5-4-11(20(23)24)7-13(12)25-2/h3-9H,1-2H3,(H,19,21)/t9-/m1/s1. The fourth-order valence-corrected chi connectivity index (χ4v) is 2.02. The first-order valence-electron chi connectivity index (χ1n) is 7.27. The van der Waals surface area contributed by atoms with Crippen molar-refractivity contribution in [2.45, 2.75) is 13.0 Å². The summed E-state index contributed by atoms with van der Waals surface area (Å²) in [6, 6.07) is 6.55. The number of nitro benzene ring substituents is 1. The van der Waals surface area contributed by atoms with E-state index in [0.717, 1.165) is 0 Å². The topological polar surface area (TPSA) is 121 Å². The van der Waals surface area contributed by atoms with Crippen LogP contribution in [0.1, 0.15) is 17.3 Å². The predicted molar refractivity (Wildman–Crippen MR) is 92.4 cm³/mol. The Bertz CT molecular complexity index is 840. The van der Waals surface area contributed by atoms with E-state index >= 15 is 0 Å². The van der Waals surface area contributed by atoms with E-state index in [1.807, 2.05) is 0 Å². The number of pyridine rings is 1. The van der Waals surface area contributed by atoms with Gasteiger partial charge >= 0.3 is 5.97 Å². The Morgan fingerprint density at radius 1 is 1.31 bits per heavy atom. The highest BCUT2D eigenvalue weighted by atomic mass is 35.5. The maximum Gasteiger partial charge on any atom is 0.340 e. The van der Waals surface area contributed by atoms with E-state index < -0.39 is 22.9 Å². The number of nitrogens with one attached hydrogen (secondary N) is 1. The second-order valence-corrected chi connectivity index (χ2v) is 5.44. The van der Waals surface area contributed by atoms with Crippen LogP contribution in [0, 0.1) is 10.1 Å². The molecular formula is C16H14ClN3O6. The normalized spacial score (nSPS) is 11.3. The smallest absolute Gasteiger partial charge is 0.340 e. The van der Waals surface area contributed by atoms with Gasteiger partial charge in [-0.15, -0.1) is 0 Å². The number of halogens is 1. The van der Waals surface area contributed by atoms with Crippen molar-refractivity contribution >= 4 is 34.9 Å². The highest BCUT2D eigenvalue weighted by Gasteiger charge is 2.21. The molecule has 0 fully saturated rings. The van der Waals surface area contributed by atoms with Crippen LogP contribution in [0.25, 0.3) is 0 Å². The van der Waals surface area contributed by atoms with Crippen molar-refractivity contribution in [2.24, 2.45) is 0 Å². The van der Waals surface area contributed by atoms with Gasteiger partial charge in [-0.2, -0.15) is 0 Å². The van der Waals surface area contributed by atoms with Crippen LogP contribution in [0.2, 0.25) is 5.15 Å². The van der Waals surface area contributed by atoms with Gasteiger partial charge in [0, 0.05) is 12.3 Å². The number of rotatable bonds is 6. The monoisotopic (exact) mass is 379 g/mol. The van der Waals surface area contributed by atoms with Gasteiger partial charge in [0.2, 0.25) is 0 Å². The summed E-state index contributed by atoms with van der Waals surface area (Å²) >= 11 is 5.64. The third-order valence-electron chi connectivity index (χ3n) is 3.27. The minimum absolute atomic E-state index is 0.105. The maximum absolute atomic E-state index is 12.2. The van der Waals surface area contributed by atoms with E-state index in [1.54, 1.807) is 0 Å². The molecule has 1 atom stereocenters. The SMILES string of the molecule is COc1cc([N+](=O)[O-])ccc1NC(=O)[C@@H](C)OC(=O)c1ccc(Cl)nc1. The molecule has 0 bridgehead atoms. The number of aromatic nitrogens is 1. The molecule has 0 radical (unpaired) electrons. The number of hydrogen-bond donors (Lipinski definition) is 1. The molecule has 0 unspecified atom stereocenters. The van der Waals surface area contributed by atoms with Gasteiger partial charge in [0.1, 0.15) is 10.9 Å². The largest absolute Gasteiger partial charge is 0.494 e. The van der Waals surface area contributed by atoms with Crippen molar-refractivity contribution in [1.82, 2.24) is 4.98 Å². The number of carbonyl (C=O) groups is 2. The number of methoxy groups -OCH3 is 1. The molecule has 0 saturated carbocycles. The third-order valence-corrected chi connectivity index (χ3v) is 3.49. The molecule has 9 nitrogen and oxygen atoms in total. The molecule has 0 aliphatic heterocycles. The van der Waals surface area contributed by atoms with Crippen LogP contribution in [0.5, 0.6) is 5.75 Å². The first kappa shape index (κ1) is 19.1. The first-order valence-corrected chi connectivity index (χ1v) is 7.65. The quantitative estimate of drug-likeness (QED) is 0.354. The Kier molecular flexibility index (Phi) is 6.07. The lowest BCUT2D eigenvalue weighted by molar-refractivity contribution is -0.384. The molecule has 1 aromatic heterocycles. The van der Waals surface area contributed by atoms with E-state index in [0.29, 0.717) is 0 Å². The number of benzene rings is 1. The first-order chi connectivity index (χ1) is 12.3. The molecule has 2 rings (SSSR count). The second kappa shape index (κ2) is 8.26. The number of non-ortho nitro benzene ring substituents is 1. The molecular weight excluding hydrogens is 366 g/mol. The van der Waals surface area contributed by atoms with Crippen molar-refractivity contribution in [3.63, 3.8) is 0 Å². The molecule has 136 valence electrons. The van der Waals surface area contributed by atoms with Crippen LogP contribution in [-0.4, -0.2) is 35.0 Å². The molecule has 0 aliphatic carbocycles. The molecule has 0 saturated heterocycles. The van der Waals surface area contributed by atoms with E-state index in [-0.39, 0.29) is 27.8 Å². The summed E-state index contributed by atoms with van der Waals surface area (Å²) in [5.41, 5.74) is 0.163. The highest BCUT2D eigenvalue weighted by Crippen LogP contribution is 2.29. The summed E-state index contributed by atoms with van der Waals surface area (Å²) in [5.74, 6) is -1.27. The zero-order chi connectivity index (χ0) is 19.3. The van der Waals surface area contributed by atoms with Gasteiger partial charge in [0.25, 0.3) is 11.6 Å².